The first-order valence-electron chi connectivity index (χ1n) is 45.2. The standard InChI is InChI=1S/C29H29F4N3O.C25H31ClN4O.C25H29F4N3O2.C23H29F2N3O/c30-25-18-24(29(31,32)33)19-26(20-25)34-28(37)36(21-23-10-5-2-6-11-23)27-13-16-35(17-14-27)15-7-12-22-8-3-1-4-9-22;1-3-7-19(2)29-14-12-23(13-15-29)30(18-20-8-5-4-6-9-20)25(31)28-24-11-10-22(26)16-21(24)17-27;26-21-12-20(25(27,28)29)13-22(14-21)30-24(33)32(16-18-4-2-1-3-5-18)23-6-9-31(10-7-23)15-19-8-11-34-17-19;1-2-3-11-27-12-9-22(10-13-27)28(17-18-7-5-4-6-8-18)23(29)26-21-15-19(24)14-20(25)16-21/h1-12,18-20,27H,13-17,21H2,(H,34,37);4-6,8-11,16,19,23H,3,7,12-15,18H2,1-2H3,(H,28,31);1-5,12-14,19,23H,6-11,15-17H2,(H,30,33);4-8,14-16,22H,2-3,9-13,17H2,1H3,(H,26,29)/b12-7+;;;. The first kappa shape index (κ1) is 100. The number of nitrogens with one attached hydrogen (secondary N) is 4. The number of carbonyl (C=O) groups is 4. The Bertz CT molecular complexity index is 5090. The number of halogens is 11. The highest BCUT2D eigenvalue weighted by Crippen LogP contribution is 2.36. The number of hydrogen-bond acceptors (Lipinski definition) is 10. The smallest absolute Gasteiger partial charge is 0.381 e. The summed E-state index contributed by atoms with van der Waals surface area (Å²) in [6.07, 6.45) is 7.20. The van der Waals surface area contributed by atoms with E-state index in [1.165, 1.54) is 25.7 Å². The second kappa shape index (κ2) is 50.3. The van der Waals surface area contributed by atoms with Crippen LogP contribution in [0.5, 0.6) is 0 Å². The zero-order valence-electron chi connectivity index (χ0n) is 74.4. The average molecular weight is 1830 g/mol. The molecule has 18 nitrogen and oxygen atoms in total. The van der Waals surface area contributed by atoms with Gasteiger partial charge in [-0.3, -0.25) is 4.90 Å². The van der Waals surface area contributed by atoms with Gasteiger partial charge in [-0.2, -0.15) is 31.6 Å². The SMILES string of the molecule is CCCC(C)N1CCC(N(Cc2ccccc2)C(=O)Nc2ccc(Cl)cc2C#N)CC1.CCCCN1CCC(N(Cc2ccccc2)C(=O)Nc2cc(F)cc(F)c2)CC1.O=C(Nc1cc(F)cc(C(F)(F)F)c1)N(Cc1ccccc1)C1CCN(C/C=C/c2ccccc2)CC1.O=C(Nc1cc(F)cc(C(F)(F)F)c1)N(Cc1ccccc1)C1CCN(CC2CCOC2)CC1. The minimum absolute atomic E-state index is 0.0769. The van der Waals surface area contributed by atoms with E-state index in [2.05, 4.69) is 79.9 Å². The van der Waals surface area contributed by atoms with Crippen LogP contribution in [0.1, 0.15) is 149 Å². The number of unbranched alkanes of at least 4 members (excludes halogenated alkanes) is 1. The third-order valence-electron chi connectivity index (χ3n) is 24.3. The van der Waals surface area contributed by atoms with Gasteiger partial charge in [-0.1, -0.05) is 202 Å². The number of anilines is 4. The van der Waals surface area contributed by atoms with Crippen LogP contribution in [-0.4, -0.2) is 179 Å². The molecule has 14 rings (SSSR count). The van der Waals surface area contributed by atoms with E-state index in [1.807, 2.05) is 157 Å². The Kier molecular flexibility index (Phi) is 38.5. The zero-order valence-corrected chi connectivity index (χ0v) is 75.2. The maximum absolute atomic E-state index is 13.9. The van der Waals surface area contributed by atoms with E-state index in [1.54, 1.807) is 32.9 Å². The second-order valence-corrected chi connectivity index (χ2v) is 34.5. The van der Waals surface area contributed by atoms with Crippen molar-refractivity contribution in [3.8, 4) is 6.07 Å². The van der Waals surface area contributed by atoms with Gasteiger partial charge < -0.3 is 60.3 Å². The highest BCUT2D eigenvalue weighted by molar-refractivity contribution is 6.30. The topological polar surface area (TPSA) is 175 Å². The van der Waals surface area contributed by atoms with E-state index in [4.69, 9.17) is 16.3 Å². The van der Waals surface area contributed by atoms with Crippen LogP contribution in [0.3, 0.4) is 0 Å². The third kappa shape index (κ3) is 32.3. The number of benzene rings is 9. The second-order valence-electron chi connectivity index (χ2n) is 34.0. The van der Waals surface area contributed by atoms with Gasteiger partial charge in [0.1, 0.15) is 29.3 Å². The van der Waals surface area contributed by atoms with E-state index < -0.39 is 58.8 Å². The number of nitrogens with zero attached hydrogens (tertiary/aromatic N) is 9. The molecule has 5 aliphatic heterocycles. The number of amides is 8. The Hall–Kier alpha value is -11.3. The van der Waals surface area contributed by atoms with Gasteiger partial charge in [-0.05, 0) is 185 Å². The lowest BCUT2D eigenvalue weighted by atomic mass is 10.00. The van der Waals surface area contributed by atoms with Gasteiger partial charge in [0.2, 0.25) is 0 Å². The lowest BCUT2D eigenvalue weighted by Gasteiger charge is -2.40. The Labute approximate surface area is 767 Å². The fourth-order valence-electron chi connectivity index (χ4n) is 17.3. The monoisotopic (exact) mass is 1830 g/mol. The molecule has 8 amide bonds. The van der Waals surface area contributed by atoms with Gasteiger partial charge in [0.15, 0.2) is 0 Å². The highest BCUT2D eigenvalue weighted by atomic mass is 35.5. The predicted molar refractivity (Wildman–Crippen MR) is 496 cm³/mol. The molecule has 5 fully saturated rings. The molecule has 0 aromatic heterocycles. The average Bonchev–Trinajstić information content (AvgIpc) is 0.902. The summed E-state index contributed by atoms with van der Waals surface area (Å²) in [5.41, 5.74) is 3.34. The van der Waals surface area contributed by atoms with Gasteiger partial charge in [0.05, 0.1) is 29.0 Å². The molecule has 9 aromatic rings. The number of piperidine rings is 4. The maximum Gasteiger partial charge on any atom is 0.416 e. The Morgan fingerprint density at radius 1 is 0.466 bits per heavy atom. The summed E-state index contributed by atoms with van der Waals surface area (Å²) in [4.78, 5) is 69.6. The van der Waals surface area contributed by atoms with Crippen LogP contribution in [-0.2, 0) is 43.3 Å². The van der Waals surface area contributed by atoms with Crippen LogP contribution in [0, 0.1) is 40.5 Å². The van der Waals surface area contributed by atoms with Gasteiger partial charge in [0.25, 0.3) is 0 Å². The molecule has 2 unspecified atom stereocenters. The van der Waals surface area contributed by atoms with Crippen LogP contribution in [0.15, 0.2) is 231 Å². The Morgan fingerprint density at radius 2 is 0.840 bits per heavy atom. The number of carbonyl (C=O) groups excluding carboxylic acids is 4. The van der Waals surface area contributed by atoms with E-state index >= 15 is 0 Å². The van der Waals surface area contributed by atoms with Gasteiger partial charge >= 0.3 is 36.5 Å². The number of rotatable bonds is 27. The van der Waals surface area contributed by atoms with E-state index in [-0.39, 0.29) is 53.3 Å². The molecule has 2 atom stereocenters. The minimum atomic E-state index is -4.72. The first-order valence-corrected chi connectivity index (χ1v) is 45.6. The van der Waals surface area contributed by atoms with E-state index in [9.17, 15) is 68.3 Å². The number of nitriles is 1. The Balaban J connectivity index is 0.000000169. The van der Waals surface area contributed by atoms with Crippen LogP contribution in [0.4, 0.5) is 85.8 Å². The van der Waals surface area contributed by atoms with Crippen LogP contribution in [0.25, 0.3) is 6.08 Å². The zero-order chi connectivity index (χ0) is 93.2. The van der Waals surface area contributed by atoms with Crippen molar-refractivity contribution < 1.29 is 67.8 Å². The van der Waals surface area contributed by atoms with Crippen molar-refractivity contribution in [1.82, 2.24) is 39.2 Å². The number of alkyl halides is 6. The molecule has 9 aromatic carbocycles. The molecule has 0 aliphatic carbocycles. The molecule has 0 bridgehead atoms. The Morgan fingerprint density at radius 3 is 1.22 bits per heavy atom. The van der Waals surface area contributed by atoms with Gasteiger partial charge in [0, 0.05) is 157 Å². The molecule has 698 valence electrons. The molecular formula is C102H118ClF10N13O5. The number of ether oxygens (including phenoxy) is 1. The molecule has 5 heterocycles. The first-order chi connectivity index (χ1) is 63.1. The van der Waals surface area contributed by atoms with Crippen molar-refractivity contribution in [3.05, 3.63) is 303 Å². The quantitative estimate of drug-likeness (QED) is 0.0363. The number of likely N-dealkylation sites (tertiary alicyclic amines) is 4. The lowest BCUT2D eigenvalue weighted by molar-refractivity contribution is -0.138. The van der Waals surface area contributed by atoms with Crippen LogP contribution < -0.4 is 21.3 Å². The molecule has 131 heavy (non-hydrogen) atoms. The van der Waals surface area contributed by atoms with E-state index in [0.717, 1.165) is 213 Å². The van der Waals surface area contributed by atoms with Crippen molar-refractivity contribution in [1.29, 1.82) is 5.26 Å². The van der Waals surface area contributed by atoms with Crippen molar-refractivity contribution in [2.24, 2.45) is 5.92 Å². The molecule has 0 spiro atoms. The van der Waals surface area contributed by atoms with Crippen molar-refractivity contribution in [2.45, 2.75) is 173 Å². The molecule has 5 saturated heterocycles. The minimum Gasteiger partial charge on any atom is -0.381 e. The van der Waals surface area contributed by atoms with Crippen molar-refractivity contribution in [3.63, 3.8) is 0 Å². The van der Waals surface area contributed by atoms with Gasteiger partial charge in [-0.15, -0.1) is 0 Å². The lowest BCUT2D eigenvalue weighted by Crippen LogP contribution is -2.50. The maximum atomic E-state index is 13.9. The normalized spacial score (nSPS) is 16.5. The number of urea groups is 4. The molecule has 0 radical (unpaired) electrons. The fourth-order valence-corrected chi connectivity index (χ4v) is 17.4. The summed E-state index contributed by atoms with van der Waals surface area (Å²) < 4.78 is 139. The molecule has 0 saturated carbocycles. The summed E-state index contributed by atoms with van der Waals surface area (Å²) in [6.45, 7) is 19.9. The molecule has 29 heteroatoms. The summed E-state index contributed by atoms with van der Waals surface area (Å²) in [7, 11) is 0. The van der Waals surface area contributed by atoms with Crippen LogP contribution >= 0.6 is 11.6 Å². The largest absolute Gasteiger partial charge is 0.416 e. The summed E-state index contributed by atoms with van der Waals surface area (Å²) in [6, 6.07) is 62.1. The predicted octanol–water partition coefficient (Wildman–Crippen LogP) is 23.6. The molecule has 5 aliphatic rings. The van der Waals surface area contributed by atoms with E-state index in [0.29, 0.717) is 66.5 Å². The van der Waals surface area contributed by atoms with Gasteiger partial charge in [-0.25, -0.2) is 36.7 Å². The number of hydrogen-bond donors (Lipinski definition) is 4. The summed E-state index contributed by atoms with van der Waals surface area (Å²) >= 11 is 6.01. The van der Waals surface area contributed by atoms with Crippen LogP contribution in [0.2, 0.25) is 5.02 Å². The molecule has 4 N–H and O–H groups in total. The summed E-state index contributed by atoms with van der Waals surface area (Å²) in [5.74, 6) is -2.99. The summed E-state index contributed by atoms with van der Waals surface area (Å²) in [5, 5.41) is 20.5. The fraction of sp³-hybridized carbons (Fsp3) is 0.402. The van der Waals surface area contributed by atoms with Crippen molar-refractivity contribution in [2.75, 3.05) is 106 Å². The third-order valence-corrected chi connectivity index (χ3v) is 24.6. The highest BCUT2D eigenvalue weighted by Gasteiger charge is 2.37. The van der Waals surface area contributed by atoms with Crippen molar-refractivity contribution >= 4 is 64.6 Å². The molecular weight excluding hydrogens is 1710 g/mol.